The van der Waals surface area contributed by atoms with Crippen LogP contribution in [0.3, 0.4) is 0 Å². The molecule has 3 amide bonds. The third-order valence-corrected chi connectivity index (χ3v) is 5.56. The van der Waals surface area contributed by atoms with E-state index in [2.05, 4.69) is 25.7 Å². The molecule has 2 aromatic heterocycles. The number of carbonyl (C=O) groups is 3. The Kier molecular flexibility index (Phi) is 8.06. The number of aromatic nitrogens is 4. The van der Waals surface area contributed by atoms with E-state index in [1.807, 2.05) is 4.90 Å². The second kappa shape index (κ2) is 11.8. The molecular formula is C24H28N8O4. The summed E-state index contributed by atoms with van der Waals surface area (Å²) in [4.78, 5) is 48.8. The maximum atomic E-state index is 12.5. The van der Waals surface area contributed by atoms with Crippen LogP contribution in [0, 0.1) is 0 Å². The predicted octanol–water partition coefficient (Wildman–Crippen LogP) is 1.70. The fraction of sp³-hybridized carbons (Fsp3) is 0.333. The smallest absolute Gasteiger partial charge is 0.358 e. The average molecular weight is 493 g/mol. The molecule has 0 saturated carbocycles. The van der Waals surface area contributed by atoms with Crippen molar-refractivity contribution in [3.8, 4) is 5.69 Å². The van der Waals surface area contributed by atoms with Crippen LogP contribution in [0.1, 0.15) is 23.8 Å². The summed E-state index contributed by atoms with van der Waals surface area (Å²) in [6, 6.07) is 9.93. The highest BCUT2D eigenvalue weighted by molar-refractivity contribution is 5.89. The molecule has 1 aliphatic rings. The van der Waals surface area contributed by atoms with E-state index in [9.17, 15) is 14.4 Å². The third-order valence-electron chi connectivity index (χ3n) is 5.56. The fourth-order valence-electron chi connectivity index (χ4n) is 3.71. The first-order chi connectivity index (χ1) is 17.5. The number of esters is 1. The number of piperazine rings is 1. The van der Waals surface area contributed by atoms with Gasteiger partial charge >= 0.3 is 12.0 Å². The van der Waals surface area contributed by atoms with Crippen LogP contribution in [0.5, 0.6) is 0 Å². The first kappa shape index (κ1) is 24.6. The normalized spacial score (nSPS) is 13.2. The molecule has 0 atom stereocenters. The van der Waals surface area contributed by atoms with Gasteiger partial charge in [0.25, 0.3) is 0 Å². The molecule has 2 N–H and O–H groups in total. The number of nitrogens with zero attached hydrogens (tertiary/aromatic N) is 6. The molecule has 36 heavy (non-hydrogen) atoms. The number of ether oxygens (including phenoxy) is 1. The predicted molar refractivity (Wildman–Crippen MR) is 132 cm³/mol. The Balaban J connectivity index is 1.18. The summed E-state index contributed by atoms with van der Waals surface area (Å²) in [6.45, 7) is 4.77. The minimum atomic E-state index is -0.478. The first-order valence-electron chi connectivity index (χ1n) is 11.7. The molecule has 1 saturated heterocycles. The molecule has 1 fully saturated rings. The van der Waals surface area contributed by atoms with Crippen molar-refractivity contribution in [2.75, 3.05) is 49.5 Å². The van der Waals surface area contributed by atoms with E-state index in [-0.39, 0.29) is 31.2 Å². The maximum Gasteiger partial charge on any atom is 0.358 e. The largest absolute Gasteiger partial charge is 0.461 e. The molecule has 3 aromatic rings. The van der Waals surface area contributed by atoms with Crippen molar-refractivity contribution in [3.05, 3.63) is 60.7 Å². The SMILES string of the molecule is CCOC(=O)c1ccn(-c2ccc(NC(=O)NCCC(=O)N3CCN(c4ncccn4)CC3)cc2)n1. The van der Waals surface area contributed by atoms with Crippen LogP contribution in [0.2, 0.25) is 0 Å². The molecule has 1 aromatic carbocycles. The van der Waals surface area contributed by atoms with Crippen molar-refractivity contribution in [2.45, 2.75) is 13.3 Å². The molecule has 0 radical (unpaired) electrons. The van der Waals surface area contributed by atoms with E-state index < -0.39 is 12.0 Å². The molecule has 0 spiro atoms. The number of amides is 3. The number of anilines is 2. The van der Waals surface area contributed by atoms with Gasteiger partial charge < -0.3 is 25.2 Å². The van der Waals surface area contributed by atoms with Gasteiger partial charge in [0.15, 0.2) is 5.69 Å². The van der Waals surface area contributed by atoms with Gasteiger partial charge in [0.2, 0.25) is 11.9 Å². The van der Waals surface area contributed by atoms with E-state index >= 15 is 0 Å². The second-order valence-corrected chi connectivity index (χ2v) is 7.96. The zero-order valence-corrected chi connectivity index (χ0v) is 20.0. The van der Waals surface area contributed by atoms with Gasteiger partial charge in [-0.05, 0) is 43.3 Å². The lowest BCUT2D eigenvalue weighted by Gasteiger charge is -2.34. The summed E-state index contributed by atoms with van der Waals surface area (Å²) in [5, 5.41) is 9.65. The minimum Gasteiger partial charge on any atom is -0.461 e. The van der Waals surface area contributed by atoms with Crippen molar-refractivity contribution >= 4 is 29.5 Å². The van der Waals surface area contributed by atoms with Crippen LogP contribution in [-0.4, -0.2) is 81.9 Å². The molecule has 4 rings (SSSR count). The third kappa shape index (κ3) is 6.34. The molecule has 0 aliphatic carbocycles. The Morgan fingerprint density at radius 2 is 1.72 bits per heavy atom. The van der Waals surface area contributed by atoms with E-state index in [0.29, 0.717) is 37.8 Å². The number of hydrogen-bond donors (Lipinski definition) is 2. The zero-order chi connectivity index (χ0) is 25.3. The lowest BCUT2D eigenvalue weighted by molar-refractivity contribution is -0.131. The Labute approximate surface area is 208 Å². The van der Waals surface area contributed by atoms with Crippen molar-refractivity contribution in [3.63, 3.8) is 0 Å². The van der Waals surface area contributed by atoms with Gasteiger partial charge in [-0.2, -0.15) is 5.10 Å². The van der Waals surface area contributed by atoms with Gasteiger partial charge in [-0.25, -0.2) is 24.2 Å². The molecule has 188 valence electrons. The molecule has 12 heteroatoms. The lowest BCUT2D eigenvalue weighted by atomic mass is 10.2. The zero-order valence-electron chi connectivity index (χ0n) is 20.0. The summed E-state index contributed by atoms with van der Waals surface area (Å²) in [6.07, 6.45) is 5.28. The quantitative estimate of drug-likeness (QED) is 0.454. The second-order valence-electron chi connectivity index (χ2n) is 7.96. The molecule has 1 aliphatic heterocycles. The average Bonchev–Trinajstić information content (AvgIpc) is 3.40. The van der Waals surface area contributed by atoms with Crippen molar-refractivity contribution in [1.29, 1.82) is 0 Å². The highest BCUT2D eigenvalue weighted by atomic mass is 16.5. The van der Waals surface area contributed by atoms with Crippen molar-refractivity contribution < 1.29 is 19.1 Å². The van der Waals surface area contributed by atoms with Crippen LogP contribution >= 0.6 is 0 Å². The number of urea groups is 1. The van der Waals surface area contributed by atoms with Gasteiger partial charge in [0.05, 0.1) is 12.3 Å². The van der Waals surface area contributed by atoms with Crippen LogP contribution in [-0.2, 0) is 9.53 Å². The van der Waals surface area contributed by atoms with Crippen molar-refractivity contribution in [2.24, 2.45) is 0 Å². The minimum absolute atomic E-state index is 0.00491. The van der Waals surface area contributed by atoms with E-state index in [1.165, 1.54) is 0 Å². The number of nitrogens with one attached hydrogen (secondary N) is 2. The number of carbonyl (C=O) groups excluding carboxylic acids is 3. The highest BCUT2D eigenvalue weighted by Gasteiger charge is 2.22. The van der Waals surface area contributed by atoms with E-state index in [1.54, 1.807) is 71.5 Å². The van der Waals surface area contributed by atoms with Gasteiger partial charge in [0, 0.05) is 63.4 Å². The lowest BCUT2D eigenvalue weighted by Crippen LogP contribution is -2.49. The topological polar surface area (TPSA) is 135 Å². The van der Waals surface area contributed by atoms with Crippen LogP contribution in [0.25, 0.3) is 5.69 Å². The Bertz CT molecular complexity index is 1170. The first-order valence-corrected chi connectivity index (χ1v) is 11.7. The monoisotopic (exact) mass is 492 g/mol. The van der Waals surface area contributed by atoms with Crippen molar-refractivity contribution in [1.82, 2.24) is 30.0 Å². The maximum absolute atomic E-state index is 12.5. The number of benzene rings is 1. The van der Waals surface area contributed by atoms with Gasteiger partial charge in [0.1, 0.15) is 0 Å². The van der Waals surface area contributed by atoms with Crippen LogP contribution in [0.4, 0.5) is 16.4 Å². The van der Waals surface area contributed by atoms with Gasteiger partial charge in [-0.1, -0.05) is 0 Å². The van der Waals surface area contributed by atoms with E-state index in [4.69, 9.17) is 4.74 Å². The molecule has 12 nitrogen and oxygen atoms in total. The van der Waals surface area contributed by atoms with E-state index in [0.717, 1.165) is 5.69 Å². The Morgan fingerprint density at radius 1 is 1.00 bits per heavy atom. The summed E-state index contributed by atoms with van der Waals surface area (Å²) >= 11 is 0. The highest BCUT2D eigenvalue weighted by Crippen LogP contribution is 2.14. The summed E-state index contributed by atoms with van der Waals surface area (Å²) in [5.41, 5.74) is 1.53. The fourth-order valence-corrected chi connectivity index (χ4v) is 3.71. The summed E-state index contributed by atoms with van der Waals surface area (Å²) in [5.74, 6) is 0.186. The van der Waals surface area contributed by atoms with Crippen LogP contribution in [0.15, 0.2) is 55.0 Å². The molecule has 0 unspecified atom stereocenters. The molecule has 0 bridgehead atoms. The number of hydrogen-bond acceptors (Lipinski definition) is 8. The van der Waals surface area contributed by atoms with Gasteiger partial charge in [-0.15, -0.1) is 0 Å². The Hall–Kier alpha value is -4.48. The Morgan fingerprint density at radius 3 is 2.42 bits per heavy atom. The molecule has 3 heterocycles. The summed E-state index contributed by atoms with van der Waals surface area (Å²) in [7, 11) is 0. The summed E-state index contributed by atoms with van der Waals surface area (Å²) < 4.78 is 6.49. The number of rotatable bonds is 8. The van der Waals surface area contributed by atoms with Crippen LogP contribution < -0.4 is 15.5 Å². The standard InChI is InChI=1S/C24H28N8O4/c1-2-36-22(34)20-9-13-32(29-20)19-6-4-18(5-7-19)28-24(35)27-12-8-21(33)30-14-16-31(17-15-30)23-25-10-3-11-26-23/h3-7,9-11,13H,2,8,12,14-17H2,1H3,(H2,27,28,35). The molecular weight excluding hydrogens is 464 g/mol. The van der Waals surface area contributed by atoms with Gasteiger partial charge in [-0.3, -0.25) is 4.79 Å².